The smallest absolute Gasteiger partial charge is 0.290 e. The van der Waals surface area contributed by atoms with Gasteiger partial charge in [-0.25, -0.2) is 29.6 Å². The number of carbonyl (C=O) groups is 2. The van der Waals surface area contributed by atoms with E-state index in [1.807, 2.05) is 55.0 Å². The molecule has 0 radical (unpaired) electrons. The summed E-state index contributed by atoms with van der Waals surface area (Å²) in [7, 11) is -4.31. The molecular formula is C67H103N13O16S3. The Morgan fingerprint density at radius 1 is 0.465 bits per heavy atom. The number of piperidine rings is 4. The molecule has 3 unspecified atom stereocenters. The SMILES string of the molecule is CCCOc1cc2c(N3CCC(C(C)CNS(N)(=O)=O)CC3)ccnc2cc1OC.COCCOc1cc2c(N3CCC(C(C)CNS(N)(=O)=O)CC3)ccnc2cc1OC.COc1cc2nccc(N3CCC(C(C)CNS(N)(=O)=O)CC3)c2cc1N1CCCCC1.O=CO.O=CO. The molecule has 550 valence electrons. The average Bonchev–Trinajstić information content (AvgIpc) is 0.793. The van der Waals surface area contributed by atoms with Crippen LogP contribution >= 0.6 is 0 Å². The van der Waals surface area contributed by atoms with Crippen molar-refractivity contribution in [2.75, 3.05) is 140 Å². The second-order valence-corrected chi connectivity index (χ2v) is 29.2. The molecular weight excluding hydrogens is 1340 g/mol. The zero-order valence-corrected chi connectivity index (χ0v) is 60.7. The van der Waals surface area contributed by atoms with Crippen LogP contribution in [0.25, 0.3) is 32.7 Å². The molecule has 10 rings (SSSR count). The van der Waals surface area contributed by atoms with Crippen LogP contribution in [0.5, 0.6) is 28.7 Å². The number of methoxy groups -OCH3 is 4. The van der Waals surface area contributed by atoms with E-state index in [1.165, 1.54) is 24.9 Å². The van der Waals surface area contributed by atoms with E-state index < -0.39 is 30.6 Å². The summed E-state index contributed by atoms with van der Waals surface area (Å²) < 4.78 is 108. The van der Waals surface area contributed by atoms with Gasteiger partial charge in [0.1, 0.15) is 12.4 Å². The Kier molecular flexibility index (Phi) is 32.2. The summed E-state index contributed by atoms with van der Waals surface area (Å²) in [6.07, 6.45) is 16.1. The quantitative estimate of drug-likeness (QED) is 0.0203. The van der Waals surface area contributed by atoms with Gasteiger partial charge in [0.25, 0.3) is 43.6 Å². The van der Waals surface area contributed by atoms with Gasteiger partial charge >= 0.3 is 0 Å². The van der Waals surface area contributed by atoms with Crippen LogP contribution in [-0.2, 0) is 45.0 Å². The van der Waals surface area contributed by atoms with Gasteiger partial charge in [-0.05, 0) is 136 Å². The first-order valence-electron chi connectivity index (χ1n) is 33.5. The van der Waals surface area contributed by atoms with Gasteiger partial charge in [-0.1, -0.05) is 27.7 Å². The molecule has 29 nitrogen and oxygen atoms in total. The van der Waals surface area contributed by atoms with E-state index in [1.54, 1.807) is 28.4 Å². The number of fused-ring (bicyclic) bond motifs is 3. The maximum absolute atomic E-state index is 11.2. The Morgan fingerprint density at radius 3 is 1.09 bits per heavy atom. The third kappa shape index (κ3) is 24.7. The molecule has 4 aliphatic heterocycles. The molecule has 0 bridgehead atoms. The molecule has 32 heteroatoms. The predicted octanol–water partition coefficient (Wildman–Crippen LogP) is 6.87. The summed E-state index contributed by atoms with van der Waals surface area (Å²) in [5.74, 6) is 5.68. The van der Waals surface area contributed by atoms with Crippen LogP contribution in [0.2, 0.25) is 0 Å². The second kappa shape index (κ2) is 39.6. The highest BCUT2D eigenvalue weighted by molar-refractivity contribution is 7.87. The summed E-state index contributed by atoms with van der Waals surface area (Å²) in [5, 5.41) is 32.2. The minimum absolute atomic E-state index is 0.222. The lowest BCUT2D eigenvalue weighted by molar-refractivity contribution is -0.123. The van der Waals surface area contributed by atoms with E-state index in [2.05, 4.69) is 94.6 Å². The summed E-state index contributed by atoms with van der Waals surface area (Å²) >= 11 is 0. The predicted molar refractivity (Wildman–Crippen MR) is 387 cm³/mol. The largest absolute Gasteiger partial charge is 0.495 e. The fourth-order valence-electron chi connectivity index (χ4n) is 13.2. The third-order valence-corrected chi connectivity index (χ3v) is 20.3. The third-order valence-electron chi connectivity index (χ3n) is 18.6. The molecule has 0 aliphatic carbocycles. The van der Waals surface area contributed by atoms with Crippen LogP contribution in [0.4, 0.5) is 22.7 Å². The number of hydrogen-bond acceptors (Lipinski definition) is 21. The van der Waals surface area contributed by atoms with Crippen molar-refractivity contribution < 1.29 is 73.5 Å². The first-order valence-corrected chi connectivity index (χ1v) is 38.1. The first kappa shape index (κ1) is 80.6. The molecule has 99 heavy (non-hydrogen) atoms. The molecule has 3 atom stereocenters. The van der Waals surface area contributed by atoms with Crippen molar-refractivity contribution in [1.82, 2.24) is 29.1 Å². The van der Waals surface area contributed by atoms with E-state index in [9.17, 15) is 25.3 Å². The zero-order chi connectivity index (χ0) is 72.3. The van der Waals surface area contributed by atoms with Gasteiger partial charge < -0.3 is 58.2 Å². The topological polar surface area (TPSA) is 398 Å². The number of hydrogen-bond donors (Lipinski definition) is 8. The van der Waals surface area contributed by atoms with E-state index in [0.29, 0.717) is 74.5 Å². The lowest BCUT2D eigenvalue weighted by atomic mass is 9.85. The number of nitrogens with zero attached hydrogens (tertiary/aromatic N) is 7. The summed E-state index contributed by atoms with van der Waals surface area (Å²) in [6.45, 7) is 18.1. The number of rotatable bonds is 26. The number of anilines is 4. The Bertz CT molecular complexity index is 3850. The van der Waals surface area contributed by atoms with Gasteiger partial charge in [-0.15, -0.1) is 0 Å². The normalized spacial score (nSPS) is 16.7. The Labute approximate surface area is 583 Å². The number of pyridine rings is 3. The highest BCUT2D eigenvalue weighted by atomic mass is 32.2. The van der Waals surface area contributed by atoms with Crippen molar-refractivity contribution in [3.05, 3.63) is 73.2 Å². The molecule has 6 aromatic rings. The van der Waals surface area contributed by atoms with Crippen LogP contribution in [0.1, 0.15) is 91.9 Å². The molecule has 4 aliphatic rings. The summed E-state index contributed by atoms with van der Waals surface area (Å²) in [6, 6.07) is 18.3. The van der Waals surface area contributed by atoms with Crippen molar-refractivity contribution in [3.63, 3.8) is 0 Å². The Hall–Kier alpha value is -7.40. The lowest BCUT2D eigenvalue weighted by Crippen LogP contribution is -2.40. The van der Waals surface area contributed by atoms with E-state index >= 15 is 0 Å². The number of nitrogens with two attached hydrogens (primary N) is 3. The number of aromatic nitrogens is 3. The number of ether oxygens (including phenoxy) is 6. The van der Waals surface area contributed by atoms with E-state index in [4.69, 9.17) is 63.6 Å². The molecule has 4 fully saturated rings. The molecule has 3 aromatic heterocycles. The van der Waals surface area contributed by atoms with Crippen molar-refractivity contribution in [2.45, 2.75) is 91.9 Å². The van der Waals surface area contributed by atoms with Gasteiger partial charge in [-0.2, -0.15) is 25.3 Å². The van der Waals surface area contributed by atoms with Crippen molar-refractivity contribution in [3.8, 4) is 28.7 Å². The highest BCUT2D eigenvalue weighted by Gasteiger charge is 2.30. The van der Waals surface area contributed by atoms with Gasteiger partial charge in [0.05, 0.1) is 56.8 Å². The molecule has 3 aromatic carbocycles. The standard InChI is InChI=1S/C23H35N5O3S.C21H32N4O5S.C21H32N4O4S.2CH2O2/c1-17(16-26-32(24,29)30)18-7-12-28(13-8-18)21-6-9-25-20-15-23(31-2)22(14-19(20)21)27-10-4-3-5-11-27;1-15(14-24-31(22,26)27)16-5-8-25(9-6-16)19-4-7-23-18-13-20(29-3)21(12-17(18)19)30-11-10-28-2;1-4-11-29-21-12-17-18(13-20(21)28-3)23-8-5-19(17)25-9-6-16(7-10-25)15(2)14-24-30(22,26)27;2*2-1-3/h6,9,14-15,17-18,26H,3-5,7-8,10-13,16H2,1-2H3,(H2,24,29,30);4,7,12-13,15-16,24H,5-6,8-11,14H2,1-3H3,(H2,22,26,27);5,8,12-13,15-16,24H,4,6-7,9-11,14H2,1-3H3,(H2,22,26,27);2*1H,(H,2,3). The maximum atomic E-state index is 11.2. The van der Waals surface area contributed by atoms with Crippen LogP contribution < -0.4 is 72.9 Å². The second-order valence-electron chi connectivity index (χ2n) is 25.1. The van der Waals surface area contributed by atoms with Crippen molar-refractivity contribution >= 4 is 99.0 Å². The van der Waals surface area contributed by atoms with Gasteiger partial charge in [-0.3, -0.25) is 24.5 Å². The number of carboxylic acid groups (broad SMARTS) is 2. The highest BCUT2D eigenvalue weighted by Crippen LogP contribution is 2.42. The summed E-state index contributed by atoms with van der Waals surface area (Å²) in [5.41, 5.74) is 7.29. The van der Waals surface area contributed by atoms with Gasteiger partial charge in [0.2, 0.25) is 0 Å². The first-order chi connectivity index (χ1) is 47.3. The minimum atomic E-state index is -3.65. The molecule has 0 saturated carbocycles. The molecule has 0 spiro atoms. The van der Waals surface area contributed by atoms with Gasteiger partial charge in [0, 0.05) is 149 Å². The number of nitrogens with one attached hydrogen (secondary N) is 3. The van der Waals surface area contributed by atoms with E-state index in [-0.39, 0.29) is 30.7 Å². The summed E-state index contributed by atoms with van der Waals surface area (Å²) in [4.78, 5) is 40.0. The van der Waals surface area contributed by atoms with Crippen molar-refractivity contribution in [1.29, 1.82) is 0 Å². The fraction of sp³-hybridized carbons (Fsp3) is 0.567. The minimum Gasteiger partial charge on any atom is -0.495 e. The monoisotopic (exact) mass is 1440 g/mol. The van der Waals surface area contributed by atoms with Crippen molar-refractivity contribution in [2.24, 2.45) is 50.9 Å². The van der Waals surface area contributed by atoms with Crippen LogP contribution in [-0.4, -0.2) is 184 Å². The van der Waals surface area contributed by atoms with Crippen LogP contribution in [0, 0.1) is 35.5 Å². The number of benzene rings is 3. The fourth-order valence-corrected chi connectivity index (χ4v) is 14.6. The zero-order valence-electron chi connectivity index (χ0n) is 58.2. The molecule has 0 amide bonds. The molecule has 11 N–H and O–H groups in total. The van der Waals surface area contributed by atoms with Crippen LogP contribution in [0.3, 0.4) is 0 Å². The van der Waals surface area contributed by atoms with E-state index in [0.717, 1.165) is 159 Å². The molecule has 7 heterocycles. The Morgan fingerprint density at radius 2 is 0.778 bits per heavy atom. The van der Waals surface area contributed by atoms with Crippen LogP contribution in [0.15, 0.2) is 73.2 Å². The lowest BCUT2D eigenvalue weighted by Gasteiger charge is -2.37. The maximum Gasteiger partial charge on any atom is 0.290 e. The average molecular weight is 1440 g/mol. The van der Waals surface area contributed by atoms with Gasteiger partial charge in [0.15, 0.2) is 23.0 Å². The Balaban J connectivity index is 0.000000225. The molecule has 4 saturated heterocycles.